The number of rotatable bonds is 7. The van der Waals surface area contributed by atoms with E-state index >= 15 is 0 Å². The van der Waals surface area contributed by atoms with E-state index in [1.165, 1.54) is 5.56 Å². The summed E-state index contributed by atoms with van der Waals surface area (Å²) in [6, 6.07) is 18.8. The van der Waals surface area contributed by atoms with Crippen LogP contribution in [0.4, 0.5) is 5.82 Å². The van der Waals surface area contributed by atoms with Crippen LogP contribution in [0.25, 0.3) is 27.8 Å². The summed E-state index contributed by atoms with van der Waals surface area (Å²) in [5.74, 6) is 1.10. The molecule has 1 N–H and O–H groups in total. The van der Waals surface area contributed by atoms with E-state index in [9.17, 15) is 4.79 Å². The fourth-order valence-corrected chi connectivity index (χ4v) is 4.42. The highest BCUT2D eigenvalue weighted by molar-refractivity contribution is 6.02. The van der Waals surface area contributed by atoms with E-state index in [1.54, 1.807) is 6.33 Å². The lowest BCUT2D eigenvalue weighted by Crippen LogP contribution is -2.27. The first-order valence-electron chi connectivity index (χ1n) is 11.2. The van der Waals surface area contributed by atoms with Crippen molar-refractivity contribution in [2.45, 2.75) is 26.2 Å². The molecule has 3 heterocycles. The summed E-state index contributed by atoms with van der Waals surface area (Å²) in [5, 5.41) is 4.52. The molecule has 2 aromatic heterocycles. The zero-order chi connectivity index (χ0) is 21.9. The van der Waals surface area contributed by atoms with E-state index in [0.29, 0.717) is 6.42 Å². The average Bonchev–Trinajstić information content (AvgIpc) is 3.41. The minimum absolute atomic E-state index is 0.274. The van der Waals surface area contributed by atoms with Gasteiger partial charge in [-0.3, -0.25) is 4.79 Å². The van der Waals surface area contributed by atoms with Crippen LogP contribution < -0.4 is 5.32 Å². The van der Waals surface area contributed by atoms with Crippen LogP contribution in [0.5, 0.6) is 0 Å². The third kappa shape index (κ3) is 3.96. The summed E-state index contributed by atoms with van der Waals surface area (Å²) < 4.78 is 2.14. The van der Waals surface area contributed by atoms with Gasteiger partial charge in [0.2, 0.25) is 5.91 Å². The zero-order valence-corrected chi connectivity index (χ0v) is 18.3. The van der Waals surface area contributed by atoms with Gasteiger partial charge in [0, 0.05) is 43.5 Å². The first-order valence-corrected chi connectivity index (χ1v) is 11.2. The van der Waals surface area contributed by atoms with Crippen LogP contribution in [-0.4, -0.2) is 45.0 Å². The maximum atomic E-state index is 11.9. The van der Waals surface area contributed by atoms with Crippen LogP contribution in [-0.2, 0) is 4.79 Å². The molecule has 6 nitrogen and oxygen atoms in total. The highest BCUT2D eigenvalue weighted by Gasteiger charge is 2.20. The van der Waals surface area contributed by atoms with E-state index in [2.05, 4.69) is 81.5 Å². The Morgan fingerprint density at radius 1 is 1.06 bits per heavy atom. The van der Waals surface area contributed by atoms with Gasteiger partial charge in [-0.15, -0.1) is 0 Å². The van der Waals surface area contributed by atoms with Crippen LogP contribution in [0.3, 0.4) is 0 Å². The molecule has 1 fully saturated rings. The predicted molar refractivity (Wildman–Crippen MR) is 128 cm³/mol. The molecule has 0 unspecified atom stereocenters. The van der Waals surface area contributed by atoms with E-state index in [0.717, 1.165) is 66.1 Å². The van der Waals surface area contributed by atoms with Gasteiger partial charge in [-0.2, -0.15) is 0 Å². The number of aryl methyl sites for hydroxylation is 1. The third-order valence-electron chi connectivity index (χ3n) is 6.02. The number of hydrogen-bond donors (Lipinski definition) is 1. The lowest BCUT2D eigenvalue weighted by atomic mass is 10.1. The summed E-state index contributed by atoms with van der Waals surface area (Å²) in [6.45, 7) is 4.52. The number of nitrogens with one attached hydrogen (secondary N) is 1. The molecule has 4 aromatic rings. The SMILES string of the molecule is Cc1cccc(-n2cc(-c3ccccc3)c3c(NCCCN4CCCC4=O)ncnc32)c1. The smallest absolute Gasteiger partial charge is 0.222 e. The number of nitrogens with zero attached hydrogens (tertiary/aromatic N) is 4. The molecular formula is C26H27N5O. The van der Waals surface area contributed by atoms with E-state index in [4.69, 9.17) is 0 Å². The van der Waals surface area contributed by atoms with Gasteiger partial charge in [0.05, 0.1) is 5.39 Å². The molecule has 6 heteroatoms. The lowest BCUT2D eigenvalue weighted by Gasteiger charge is -2.15. The fourth-order valence-electron chi connectivity index (χ4n) is 4.42. The number of fused-ring (bicyclic) bond motifs is 1. The van der Waals surface area contributed by atoms with Crippen molar-refractivity contribution >= 4 is 22.8 Å². The van der Waals surface area contributed by atoms with Gasteiger partial charge in [0.1, 0.15) is 12.1 Å². The Morgan fingerprint density at radius 3 is 2.72 bits per heavy atom. The van der Waals surface area contributed by atoms with E-state index < -0.39 is 0 Å². The maximum Gasteiger partial charge on any atom is 0.222 e. The Hall–Kier alpha value is -3.67. The second-order valence-corrected chi connectivity index (χ2v) is 8.30. The van der Waals surface area contributed by atoms with Gasteiger partial charge >= 0.3 is 0 Å². The Morgan fingerprint density at radius 2 is 1.94 bits per heavy atom. The van der Waals surface area contributed by atoms with Crippen molar-refractivity contribution in [3.05, 3.63) is 72.7 Å². The molecule has 1 aliphatic heterocycles. The van der Waals surface area contributed by atoms with Crippen molar-refractivity contribution in [3.8, 4) is 16.8 Å². The van der Waals surface area contributed by atoms with E-state index in [1.807, 2.05) is 11.0 Å². The van der Waals surface area contributed by atoms with Gasteiger partial charge < -0.3 is 14.8 Å². The highest BCUT2D eigenvalue weighted by atomic mass is 16.2. The molecule has 0 aliphatic carbocycles. The molecule has 162 valence electrons. The van der Waals surface area contributed by atoms with E-state index in [-0.39, 0.29) is 5.91 Å². The Bertz CT molecular complexity index is 1250. The van der Waals surface area contributed by atoms with Gasteiger partial charge in [0.15, 0.2) is 5.65 Å². The molecule has 0 spiro atoms. The molecule has 1 aliphatic rings. The molecule has 1 amide bonds. The van der Waals surface area contributed by atoms with Crippen LogP contribution in [0.2, 0.25) is 0 Å². The Labute approximate surface area is 187 Å². The Balaban J connectivity index is 1.50. The number of likely N-dealkylation sites (tertiary alicyclic amines) is 1. The standard InChI is InChI=1S/C26H27N5O/c1-19-8-5-11-21(16-19)31-17-22(20-9-3-2-4-10-20)24-25(28-18-29-26(24)31)27-13-7-15-30-14-6-12-23(30)32/h2-5,8-11,16-18H,6-7,12-15H2,1H3,(H,27,28,29). The quantitative estimate of drug-likeness (QED) is 0.431. The molecule has 0 saturated carbocycles. The predicted octanol–water partition coefficient (Wildman–Crippen LogP) is 4.82. The Kier molecular flexibility index (Phi) is 5.58. The van der Waals surface area contributed by atoms with Crippen molar-refractivity contribution in [2.75, 3.05) is 25.0 Å². The summed E-state index contributed by atoms with van der Waals surface area (Å²) in [4.78, 5) is 23.1. The molecule has 0 bridgehead atoms. The minimum atomic E-state index is 0.274. The van der Waals surface area contributed by atoms with Crippen molar-refractivity contribution in [1.29, 1.82) is 0 Å². The topological polar surface area (TPSA) is 63.1 Å². The molecule has 0 atom stereocenters. The van der Waals surface area contributed by atoms with Gasteiger partial charge in [-0.05, 0) is 43.0 Å². The number of hydrogen-bond acceptors (Lipinski definition) is 4. The molecule has 1 saturated heterocycles. The molecule has 32 heavy (non-hydrogen) atoms. The van der Waals surface area contributed by atoms with Crippen LogP contribution in [0.15, 0.2) is 67.1 Å². The number of carbonyl (C=O) groups excluding carboxylic acids is 1. The summed E-state index contributed by atoms with van der Waals surface area (Å²) in [7, 11) is 0. The van der Waals surface area contributed by atoms with Crippen molar-refractivity contribution < 1.29 is 4.79 Å². The number of carbonyl (C=O) groups is 1. The van der Waals surface area contributed by atoms with Crippen molar-refractivity contribution in [3.63, 3.8) is 0 Å². The number of anilines is 1. The normalized spacial score (nSPS) is 13.8. The second-order valence-electron chi connectivity index (χ2n) is 8.30. The minimum Gasteiger partial charge on any atom is -0.369 e. The fraction of sp³-hybridized carbons (Fsp3) is 0.269. The zero-order valence-electron chi connectivity index (χ0n) is 18.3. The number of benzene rings is 2. The summed E-state index contributed by atoms with van der Waals surface area (Å²) in [5.41, 5.74) is 5.38. The lowest BCUT2D eigenvalue weighted by molar-refractivity contribution is -0.127. The maximum absolute atomic E-state index is 11.9. The van der Waals surface area contributed by atoms with Gasteiger partial charge in [-0.25, -0.2) is 9.97 Å². The van der Waals surface area contributed by atoms with Crippen molar-refractivity contribution in [2.24, 2.45) is 0 Å². The summed E-state index contributed by atoms with van der Waals surface area (Å²) >= 11 is 0. The van der Waals surface area contributed by atoms with Crippen LogP contribution in [0.1, 0.15) is 24.8 Å². The number of amides is 1. The largest absolute Gasteiger partial charge is 0.369 e. The third-order valence-corrected chi connectivity index (χ3v) is 6.02. The highest BCUT2D eigenvalue weighted by Crippen LogP contribution is 2.35. The van der Waals surface area contributed by atoms with Crippen LogP contribution in [0, 0.1) is 6.92 Å². The van der Waals surface area contributed by atoms with Gasteiger partial charge in [-0.1, -0.05) is 42.5 Å². The molecular weight excluding hydrogens is 398 g/mol. The van der Waals surface area contributed by atoms with Gasteiger partial charge in [0.25, 0.3) is 0 Å². The summed E-state index contributed by atoms with van der Waals surface area (Å²) in [6.07, 6.45) is 6.32. The molecule has 2 aromatic carbocycles. The molecule has 5 rings (SSSR count). The monoisotopic (exact) mass is 425 g/mol. The molecule has 0 radical (unpaired) electrons. The first-order chi connectivity index (χ1) is 15.7. The van der Waals surface area contributed by atoms with Crippen LogP contribution >= 0.6 is 0 Å². The number of aromatic nitrogens is 3. The van der Waals surface area contributed by atoms with Crippen molar-refractivity contribution in [1.82, 2.24) is 19.4 Å². The average molecular weight is 426 g/mol. The second kappa shape index (κ2) is 8.83. The first kappa shape index (κ1) is 20.2.